The lowest BCUT2D eigenvalue weighted by molar-refractivity contribution is 0.277. The van der Waals surface area contributed by atoms with Gasteiger partial charge in [0.1, 0.15) is 5.04 Å². The Morgan fingerprint density at radius 2 is 2.07 bits per heavy atom. The topological polar surface area (TPSA) is 94.5 Å². The van der Waals surface area contributed by atoms with Gasteiger partial charge in [0.25, 0.3) is 0 Å². The molecule has 4 rings (SSSR count). The Morgan fingerprint density at radius 3 is 2.74 bits per heavy atom. The van der Waals surface area contributed by atoms with Crippen LogP contribution in [-0.4, -0.2) is 54.3 Å². The van der Waals surface area contributed by atoms with E-state index in [9.17, 15) is 13.5 Å². The quantitative estimate of drug-likeness (QED) is 0.684. The number of anilines is 1. The molecule has 6 nitrogen and oxygen atoms in total. The van der Waals surface area contributed by atoms with Gasteiger partial charge in [-0.3, -0.25) is 4.99 Å². The average molecular weight is 408 g/mol. The van der Waals surface area contributed by atoms with E-state index in [0.717, 1.165) is 51.5 Å². The summed E-state index contributed by atoms with van der Waals surface area (Å²) in [5.41, 5.74) is 3.68. The Kier molecular flexibility index (Phi) is 5.22. The number of benzene rings is 1. The highest BCUT2D eigenvalue weighted by Crippen LogP contribution is 2.32. The summed E-state index contributed by atoms with van der Waals surface area (Å²) in [4.78, 5) is 8.04. The van der Waals surface area contributed by atoms with Crippen molar-refractivity contribution in [1.29, 1.82) is 0 Å². The molecule has 1 aromatic heterocycles. The molecule has 0 saturated heterocycles. The van der Waals surface area contributed by atoms with Crippen LogP contribution < -0.4 is 5.32 Å². The van der Waals surface area contributed by atoms with Gasteiger partial charge in [0.15, 0.2) is 9.84 Å². The van der Waals surface area contributed by atoms with Crippen molar-refractivity contribution in [3.63, 3.8) is 0 Å². The summed E-state index contributed by atoms with van der Waals surface area (Å²) >= 11 is 1.64. The molecule has 146 valence electrons. The summed E-state index contributed by atoms with van der Waals surface area (Å²) in [5, 5.41) is 14.8. The van der Waals surface area contributed by atoms with Crippen LogP contribution in [-0.2, 0) is 15.6 Å². The van der Waals surface area contributed by atoms with Crippen molar-refractivity contribution >= 4 is 43.2 Å². The second-order valence-corrected chi connectivity index (χ2v) is 10.7. The Hall–Kier alpha value is -1.51. The van der Waals surface area contributed by atoms with Crippen LogP contribution in [0, 0.1) is 0 Å². The third-order valence-corrected chi connectivity index (χ3v) is 7.09. The minimum absolute atomic E-state index is 0.0328. The average Bonchev–Trinajstić information content (AvgIpc) is 3.33. The normalized spacial score (nSPS) is 21.1. The van der Waals surface area contributed by atoms with Crippen LogP contribution in [0.15, 0.2) is 23.2 Å². The summed E-state index contributed by atoms with van der Waals surface area (Å²) in [7, 11) is -3.10. The molecular formula is C19H25N3O3S2. The van der Waals surface area contributed by atoms with Crippen LogP contribution in [0.5, 0.6) is 0 Å². The Balaban J connectivity index is 1.74. The summed E-state index contributed by atoms with van der Waals surface area (Å²) in [6, 6.07) is 6.33. The van der Waals surface area contributed by atoms with Crippen LogP contribution in [0.25, 0.3) is 10.9 Å². The van der Waals surface area contributed by atoms with Crippen LogP contribution in [0.3, 0.4) is 0 Å². The highest BCUT2D eigenvalue weighted by atomic mass is 32.2. The van der Waals surface area contributed by atoms with Crippen LogP contribution >= 0.6 is 11.8 Å². The molecule has 3 N–H and O–H groups in total. The lowest BCUT2D eigenvalue weighted by atomic mass is 10.1. The highest BCUT2D eigenvalue weighted by Gasteiger charge is 2.22. The molecule has 2 heterocycles. The molecular weight excluding hydrogens is 382 g/mol. The van der Waals surface area contributed by atoms with Crippen LogP contribution in [0.2, 0.25) is 0 Å². The number of aromatic nitrogens is 1. The number of nitrogens with one attached hydrogen (secondary N) is 2. The van der Waals surface area contributed by atoms with E-state index in [1.807, 2.05) is 18.2 Å². The number of aliphatic imine (C=N–C) groups is 1. The van der Waals surface area contributed by atoms with Gasteiger partial charge in [-0.05, 0) is 36.6 Å². The lowest BCUT2D eigenvalue weighted by Crippen LogP contribution is -2.15. The Bertz CT molecular complexity index is 975. The summed E-state index contributed by atoms with van der Waals surface area (Å²) < 4.78 is 23.6. The minimum Gasteiger partial charge on any atom is -0.394 e. The number of aromatic amines is 1. The third kappa shape index (κ3) is 4.33. The standard InChI is InChI=1S/C19H25N3O3S2/c1-27(24,25)11-12-6-13-8-17(19-21-15(9-23)10-26-19)22-18(13)16(7-12)20-14-4-2-3-5-14/h6-8,14-15,20,22-23H,2-5,9-11H2,1H3/t15-/m1/s1. The SMILES string of the molecule is CS(=O)(=O)Cc1cc(NC2CCCC2)c2[nH]c(C3=N[C@H](CO)CS3)cc2c1. The van der Waals surface area contributed by atoms with Crippen molar-refractivity contribution in [3.05, 3.63) is 29.5 Å². The number of H-pyrrole nitrogens is 1. The minimum atomic E-state index is -3.10. The van der Waals surface area contributed by atoms with E-state index >= 15 is 0 Å². The van der Waals surface area contributed by atoms with Crippen molar-refractivity contribution < 1.29 is 13.5 Å². The molecule has 0 unspecified atom stereocenters. The van der Waals surface area contributed by atoms with Gasteiger partial charge < -0.3 is 15.4 Å². The fourth-order valence-corrected chi connectivity index (χ4v) is 5.66. The van der Waals surface area contributed by atoms with Crippen LogP contribution in [0.1, 0.15) is 36.9 Å². The number of thioether (sulfide) groups is 1. The first-order valence-corrected chi connectivity index (χ1v) is 12.4. The zero-order valence-corrected chi connectivity index (χ0v) is 17.0. The zero-order valence-electron chi connectivity index (χ0n) is 15.4. The molecule has 1 fully saturated rings. The van der Waals surface area contributed by atoms with Crippen molar-refractivity contribution in [2.24, 2.45) is 4.99 Å². The van der Waals surface area contributed by atoms with Crippen molar-refractivity contribution in [2.75, 3.05) is 23.9 Å². The van der Waals surface area contributed by atoms with Gasteiger partial charge in [0.2, 0.25) is 0 Å². The molecule has 1 aliphatic carbocycles. The predicted molar refractivity (Wildman–Crippen MR) is 113 cm³/mol. The van der Waals surface area contributed by atoms with E-state index in [2.05, 4.69) is 15.3 Å². The maximum Gasteiger partial charge on any atom is 0.151 e. The molecule has 1 saturated carbocycles. The van der Waals surface area contributed by atoms with E-state index in [1.165, 1.54) is 19.1 Å². The molecule has 2 aromatic rings. The molecule has 0 radical (unpaired) electrons. The first kappa shape index (κ1) is 18.8. The Labute approximate surface area is 163 Å². The largest absolute Gasteiger partial charge is 0.394 e. The van der Waals surface area contributed by atoms with Gasteiger partial charge in [0.05, 0.1) is 35.3 Å². The summed E-state index contributed by atoms with van der Waals surface area (Å²) in [6.45, 7) is 0.0592. The van der Waals surface area contributed by atoms with Gasteiger partial charge >= 0.3 is 0 Å². The number of rotatable bonds is 6. The van der Waals surface area contributed by atoms with E-state index in [0.29, 0.717) is 6.04 Å². The second-order valence-electron chi connectivity index (χ2n) is 7.57. The van der Waals surface area contributed by atoms with E-state index < -0.39 is 9.84 Å². The van der Waals surface area contributed by atoms with E-state index in [1.54, 1.807) is 11.8 Å². The van der Waals surface area contributed by atoms with Gasteiger partial charge in [-0.2, -0.15) is 0 Å². The van der Waals surface area contributed by atoms with E-state index in [4.69, 9.17) is 0 Å². The first-order chi connectivity index (χ1) is 12.9. The van der Waals surface area contributed by atoms with Crippen molar-refractivity contribution in [1.82, 2.24) is 4.98 Å². The fourth-order valence-electron chi connectivity index (χ4n) is 3.87. The lowest BCUT2D eigenvalue weighted by Gasteiger charge is -2.15. The maximum atomic E-state index is 11.8. The highest BCUT2D eigenvalue weighted by molar-refractivity contribution is 8.14. The van der Waals surface area contributed by atoms with Gasteiger partial charge in [-0.25, -0.2) is 8.42 Å². The van der Waals surface area contributed by atoms with Gasteiger partial charge in [-0.1, -0.05) is 12.8 Å². The van der Waals surface area contributed by atoms with Gasteiger partial charge in [-0.15, -0.1) is 11.8 Å². The maximum absolute atomic E-state index is 11.8. The number of nitrogens with zero attached hydrogens (tertiary/aromatic N) is 1. The molecule has 27 heavy (non-hydrogen) atoms. The molecule has 0 spiro atoms. The molecule has 1 aromatic carbocycles. The molecule has 8 heteroatoms. The zero-order chi connectivity index (χ0) is 19.0. The van der Waals surface area contributed by atoms with Crippen LogP contribution in [0.4, 0.5) is 5.69 Å². The predicted octanol–water partition coefficient (Wildman–Crippen LogP) is 2.92. The number of aliphatic hydroxyl groups excluding tert-OH is 1. The number of fused-ring (bicyclic) bond motifs is 1. The van der Waals surface area contributed by atoms with Gasteiger partial charge in [0, 0.05) is 23.4 Å². The monoisotopic (exact) mass is 407 g/mol. The summed E-state index contributed by atoms with van der Waals surface area (Å²) in [5.74, 6) is 0.818. The third-order valence-electron chi connectivity index (χ3n) is 5.09. The number of hydrogen-bond donors (Lipinski definition) is 3. The van der Waals surface area contributed by atoms with E-state index in [-0.39, 0.29) is 18.4 Å². The molecule has 2 aliphatic rings. The van der Waals surface area contributed by atoms with Crippen molar-refractivity contribution in [3.8, 4) is 0 Å². The molecule has 0 amide bonds. The number of sulfone groups is 1. The summed E-state index contributed by atoms with van der Waals surface area (Å²) in [6.07, 6.45) is 6.02. The molecule has 1 aliphatic heterocycles. The first-order valence-electron chi connectivity index (χ1n) is 9.33. The molecule has 1 atom stereocenters. The second kappa shape index (κ2) is 7.48. The smallest absolute Gasteiger partial charge is 0.151 e. The Morgan fingerprint density at radius 1 is 1.30 bits per heavy atom. The molecule has 0 bridgehead atoms. The van der Waals surface area contributed by atoms with Crippen molar-refractivity contribution in [2.45, 2.75) is 43.5 Å². The fraction of sp³-hybridized carbons (Fsp3) is 0.526. The number of aliphatic hydroxyl groups is 1. The number of hydrogen-bond acceptors (Lipinski definition) is 6.